The highest BCUT2D eigenvalue weighted by molar-refractivity contribution is 7.99. The molecule has 2 heterocycles. The molecule has 3 rings (SSSR count). The van der Waals surface area contributed by atoms with Gasteiger partial charge < -0.3 is 15.4 Å². The third-order valence-corrected chi connectivity index (χ3v) is 5.86. The minimum Gasteiger partial charge on any atom is -0.379 e. The third-order valence-electron chi connectivity index (χ3n) is 4.65. The number of hydrogen-bond donors (Lipinski definition) is 2. The SMILES string of the molecule is C1CSCC(NC2CCCC2C2COCCN2)C1.Cl. The van der Waals surface area contributed by atoms with Crippen molar-refractivity contribution in [3.05, 3.63) is 0 Å². The maximum atomic E-state index is 5.64. The summed E-state index contributed by atoms with van der Waals surface area (Å²) in [7, 11) is 0. The van der Waals surface area contributed by atoms with Crippen molar-refractivity contribution in [3.63, 3.8) is 0 Å². The van der Waals surface area contributed by atoms with Gasteiger partial charge in [0.15, 0.2) is 0 Å². The Bertz CT molecular complexity index is 258. The molecule has 19 heavy (non-hydrogen) atoms. The molecule has 0 bridgehead atoms. The zero-order valence-electron chi connectivity index (χ0n) is 11.6. The van der Waals surface area contributed by atoms with Gasteiger partial charge in [0.1, 0.15) is 0 Å². The first kappa shape index (κ1) is 15.9. The molecular weight excluding hydrogens is 280 g/mol. The molecule has 4 unspecified atom stereocenters. The maximum absolute atomic E-state index is 5.64. The van der Waals surface area contributed by atoms with Gasteiger partial charge in [-0.15, -0.1) is 12.4 Å². The first-order valence-electron chi connectivity index (χ1n) is 7.58. The van der Waals surface area contributed by atoms with E-state index in [1.807, 2.05) is 0 Å². The summed E-state index contributed by atoms with van der Waals surface area (Å²) in [6.45, 7) is 2.84. The summed E-state index contributed by atoms with van der Waals surface area (Å²) >= 11 is 2.12. The van der Waals surface area contributed by atoms with Gasteiger partial charge in [0.2, 0.25) is 0 Å². The lowest BCUT2D eigenvalue weighted by Gasteiger charge is -2.35. The second-order valence-electron chi connectivity index (χ2n) is 5.92. The lowest BCUT2D eigenvalue weighted by molar-refractivity contribution is 0.0517. The summed E-state index contributed by atoms with van der Waals surface area (Å²) in [6, 6.07) is 2.08. The van der Waals surface area contributed by atoms with Crippen molar-refractivity contribution in [2.75, 3.05) is 31.3 Å². The van der Waals surface area contributed by atoms with Crippen molar-refractivity contribution in [3.8, 4) is 0 Å². The molecule has 2 saturated heterocycles. The van der Waals surface area contributed by atoms with Crippen LogP contribution in [0.25, 0.3) is 0 Å². The van der Waals surface area contributed by atoms with E-state index in [2.05, 4.69) is 22.4 Å². The predicted octanol–water partition coefficient (Wildman–Crippen LogP) is 2.05. The molecule has 3 fully saturated rings. The Kier molecular flexibility index (Phi) is 6.76. The van der Waals surface area contributed by atoms with Crippen LogP contribution in [0.3, 0.4) is 0 Å². The molecule has 3 aliphatic rings. The first-order valence-corrected chi connectivity index (χ1v) is 8.74. The van der Waals surface area contributed by atoms with Crippen LogP contribution in [0.4, 0.5) is 0 Å². The van der Waals surface area contributed by atoms with Crippen LogP contribution < -0.4 is 10.6 Å². The molecule has 2 N–H and O–H groups in total. The molecule has 0 spiro atoms. The minimum atomic E-state index is 0. The quantitative estimate of drug-likeness (QED) is 0.836. The van der Waals surface area contributed by atoms with Gasteiger partial charge in [0.05, 0.1) is 13.2 Å². The summed E-state index contributed by atoms with van der Waals surface area (Å²) in [5, 5.41) is 7.61. The van der Waals surface area contributed by atoms with Gasteiger partial charge in [-0.25, -0.2) is 0 Å². The van der Waals surface area contributed by atoms with Crippen LogP contribution in [0, 0.1) is 5.92 Å². The zero-order valence-corrected chi connectivity index (χ0v) is 13.2. The number of halogens is 1. The fraction of sp³-hybridized carbons (Fsp3) is 1.00. The van der Waals surface area contributed by atoms with Crippen molar-refractivity contribution in [1.82, 2.24) is 10.6 Å². The molecule has 4 atom stereocenters. The zero-order chi connectivity index (χ0) is 12.2. The van der Waals surface area contributed by atoms with Crippen molar-refractivity contribution >= 4 is 24.2 Å². The van der Waals surface area contributed by atoms with E-state index in [9.17, 15) is 0 Å². The van der Waals surface area contributed by atoms with Crippen molar-refractivity contribution in [1.29, 1.82) is 0 Å². The van der Waals surface area contributed by atoms with Gasteiger partial charge in [0, 0.05) is 30.4 Å². The lowest BCUT2D eigenvalue weighted by Crippen LogP contribution is -2.53. The van der Waals surface area contributed by atoms with E-state index in [0.717, 1.165) is 37.8 Å². The van der Waals surface area contributed by atoms with E-state index < -0.39 is 0 Å². The van der Waals surface area contributed by atoms with Crippen LogP contribution in [0.1, 0.15) is 32.1 Å². The Morgan fingerprint density at radius 2 is 2.11 bits per heavy atom. The van der Waals surface area contributed by atoms with Crippen molar-refractivity contribution in [2.24, 2.45) is 5.92 Å². The molecule has 0 aromatic rings. The highest BCUT2D eigenvalue weighted by atomic mass is 35.5. The topological polar surface area (TPSA) is 33.3 Å². The van der Waals surface area contributed by atoms with E-state index in [0.29, 0.717) is 6.04 Å². The molecular formula is C14H27ClN2OS. The van der Waals surface area contributed by atoms with E-state index in [4.69, 9.17) is 4.74 Å². The number of morpholine rings is 1. The largest absolute Gasteiger partial charge is 0.379 e. The van der Waals surface area contributed by atoms with E-state index in [-0.39, 0.29) is 12.4 Å². The molecule has 1 aliphatic carbocycles. The van der Waals surface area contributed by atoms with Gasteiger partial charge in [-0.1, -0.05) is 6.42 Å². The smallest absolute Gasteiger partial charge is 0.0623 e. The highest BCUT2D eigenvalue weighted by Gasteiger charge is 2.35. The van der Waals surface area contributed by atoms with Gasteiger partial charge in [-0.3, -0.25) is 0 Å². The summed E-state index contributed by atoms with van der Waals surface area (Å²) in [4.78, 5) is 0. The predicted molar refractivity (Wildman–Crippen MR) is 84.5 cm³/mol. The van der Waals surface area contributed by atoms with Gasteiger partial charge >= 0.3 is 0 Å². The second-order valence-corrected chi connectivity index (χ2v) is 7.07. The summed E-state index contributed by atoms with van der Waals surface area (Å²) in [5.41, 5.74) is 0. The molecule has 5 heteroatoms. The van der Waals surface area contributed by atoms with Crippen molar-refractivity contribution < 1.29 is 4.74 Å². The summed E-state index contributed by atoms with van der Waals surface area (Å²) < 4.78 is 5.64. The number of ether oxygens (including phenoxy) is 1. The van der Waals surface area contributed by atoms with Crippen LogP contribution in [-0.4, -0.2) is 49.4 Å². The molecule has 0 aromatic carbocycles. The molecule has 0 radical (unpaired) electrons. The normalized spacial score (nSPS) is 39.8. The highest BCUT2D eigenvalue weighted by Crippen LogP contribution is 2.31. The van der Waals surface area contributed by atoms with Crippen LogP contribution in [0.5, 0.6) is 0 Å². The van der Waals surface area contributed by atoms with Crippen LogP contribution in [-0.2, 0) is 4.74 Å². The van der Waals surface area contributed by atoms with Crippen LogP contribution >= 0.6 is 24.2 Å². The average Bonchev–Trinajstić information content (AvgIpc) is 2.89. The monoisotopic (exact) mass is 306 g/mol. The Balaban J connectivity index is 0.00000133. The molecule has 1 saturated carbocycles. The van der Waals surface area contributed by atoms with Gasteiger partial charge in [-0.05, 0) is 37.4 Å². The Morgan fingerprint density at radius 3 is 2.84 bits per heavy atom. The first-order chi connectivity index (χ1) is 8.93. The van der Waals surface area contributed by atoms with Gasteiger partial charge in [0.25, 0.3) is 0 Å². The Hall–Kier alpha value is 0.520. The van der Waals surface area contributed by atoms with Crippen LogP contribution in [0.2, 0.25) is 0 Å². The Morgan fingerprint density at radius 1 is 1.16 bits per heavy atom. The average molecular weight is 307 g/mol. The number of hydrogen-bond acceptors (Lipinski definition) is 4. The van der Waals surface area contributed by atoms with E-state index >= 15 is 0 Å². The molecule has 0 amide bonds. The minimum absolute atomic E-state index is 0. The molecule has 2 aliphatic heterocycles. The number of rotatable bonds is 3. The number of nitrogens with one attached hydrogen (secondary N) is 2. The fourth-order valence-electron chi connectivity index (χ4n) is 3.71. The standard InChI is InChI=1S/C14H26N2OS.ClH/c1-4-12(14-9-17-7-6-15-14)13(5-1)16-11-3-2-8-18-10-11;/h11-16H,1-10H2;1H. The van der Waals surface area contributed by atoms with Gasteiger partial charge in [-0.2, -0.15) is 11.8 Å². The van der Waals surface area contributed by atoms with Crippen molar-refractivity contribution in [2.45, 2.75) is 50.2 Å². The maximum Gasteiger partial charge on any atom is 0.0623 e. The molecule has 3 nitrogen and oxygen atoms in total. The van der Waals surface area contributed by atoms with E-state index in [1.165, 1.54) is 43.6 Å². The Labute approximate surface area is 127 Å². The summed E-state index contributed by atoms with van der Waals surface area (Å²) in [6.07, 6.45) is 6.90. The summed E-state index contributed by atoms with van der Waals surface area (Å²) in [5.74, 6) is 3.47. The molecule has 112 valence electrons. The van der Waals surface area contributed by atoms with Crippen LogP contribution in [0.15, 0.2) is 0 Å². The fourth-order valence-corrected chi connectivity index (χ4v) is 4.80. The number of thioether (sulfide) groups is 1. The lowest BCUT2D eigenvalue weighted by atomic mass is 9.93. The van der Waals surface area contributed by atoms with E-state index in [1.54, 1.807) is 0 Å². The molecule has 0 aromatic heterocycles. The third kappa shape index (κ3) is 4.24. The second kappa shape index (κ2) is 8.08.